The van der Waals surface area contributed by atoms with Crippen molar-refractivity contribution in [1.29, 1.82) is 0 Å². The first-order chi connectivity index (χ1) is 9.97. The van der Waals surface area contributed by atoms with Gasteiger partial charge in [0.15, 0.2) is 0 Å². The molecule has 0 unspecified atom stereocenters. The van der Waals surface area contributed by atoms with Gasteiger partial charge in [0, 0.05) is 32.7 Å². The highest BCUT2D eigenvalue weighted by atomic mass is 16.4. The molecule has 2 rings (SSSR count). The minimum atomic E-state index is -0.807. The second kappa shape index (κ2) is 6.58. The minimum Gasteiger partial charge on any atom is -0.507 e. The molecule has 1 aromatic rings. The highest BCUT2D eigenvalue weighted by Gasteiger charge is 2.23. The standard InChI is InChI=1S/C15H20N2O4/c1-11-2-3-12(13(18)10-11)15(21)17-8-6-16(7-9-17)5-4-14(19)20/h2-3,10,18H,4-9H2,1H3,(H,19,20). The Labute approximate surface area is 123 Å². The number of nitrogens with zero attached hydrogens (tertiary/aromatic N) is 2. The van der Waals surface area contributed by atoms with E-state index in [0.717, 1.165) is 5.56 Å². The molecule has 1 amide bonds. The lowest BCUT2D eigenvalue weighted by molar-refractivity contribution is -0.137. The Morgan fingerprint density at radius 2 is 1.86 bits per heavy atom. The van der Waals surface area contributed by atoms with Gasteiger partial charge in [0.2, 0.25) is 0 Å². The SMILES string of the molecule is Cc1ccc(C(=O)N2CCN(CCC(=O)O)CC2)c(O)c1. The Balaban J connectivity index is 1.92. The van der Waals surface area contributed by atoms with Crippen molar-refractivity contribution in [2.24, 2.45) is 0 Å². The van der Waals surface area contributed by atoms with E-state index in [-0.39, 0.29) is 18.1 Å². The van der Waals surface area contributed by atoms with Crippen molar-refractivity contribution >= 4 is 11.9 Å². The number of carbonyl (C=O) groups excluding carboxylic acids is 1. The van der Waals surface area contributed by atoms with E-state index >= 15 is 0 Å². The number of aryl methyl sites for hydroxylation is 1. The molecule has 1 heterocycles. The average Bonchev–Trinajstić information content (AvgIpc) is 2.45. The molecule has 0 radical (unpaired) electrons. The number of benzene rings is 1. The van der Waals surface area contributed by atoms with Crippen LogP contribution in [-0.2, 0) is 4.79 Å². The fraction of sp³-hybridized carbons (Fsp3) is 0.467. The van der Waals surface area contributed by atoms with Gasteiger partial charge in [0.05, 0.1) is 12.0 Å². The van der Waals surface area contributed by atoms with E-state index in [1.54, 1.807) is 23.1 Å². The van der Waals surface area contributed by atoms with Crippen LogP contribution in [0.1, 0.15) is 22.3 Å². The maximum absolute atomic E-state index is 12.4. The van der Waals surface area contributed by atoms with Crippen molar-refractivity contribution in [2.75, 3.05) is 32.7 Å². The number of aromatic hydroxyl groups is 1. The van der Waals surface area contributed by atoms with Crippen LogP contribution in [0.3, 0.4) is 0 Å². The quantitative estimate of drug-likeness (QED) is 0.863. The third-order valence-electron chi connectivity index (χ3n) is 3.69. The van der Waals surface area contributed by atoms with Crippen LogP contribution in [0.25, 0.3) is 0 Å². The molecule has 0 bridgehead atoms. The van der Waals surface area contributed by atoms with E-state index in [1.807, 2.05) is 11.8 Å². The average molecular weight is 292 g/mol. The van der Waals surface area contributed by atoms with Gasteiger partial charge in [-0.3, -0.25) is 14.5 Å². The van der Waals surface area contributed by atoms with Crippen molar-refractivity contribution in [3.8, 4) is 5.75 Å². The van der Waals surface area contributed by atoms with E-state index < -0.39 is 5.97 Å². The van der Waals surface area contributed by atoms with Gasteiger partial charge in [-0.15, -0.1) is 0 Å². The maximum Gasteiger partial charge on any atom is 0.304 e. The summed E-state index contributed by atoms with van der Waals surface area (Å²) in [6.07, 6.45) is 0.118. The number of carboxylic acid groups (broad SMARTS) is 1. The molecule has 1 aromatic carbocycles. The van der Waals surface area contributed by atoms with Crippen LogP contribution in [0.2, 0.25) is 0 Å². The lowest BCUT2D eigenvalue weighted by atomic mass is 10.1. The number of phenols is 1. The molecule has 1 aliphatic heterocycles. The monoisotopic (exact) mass is 292 g/mol. The Hall–Kier alpha value is -2.08. The number of carbonyl (C=O) groups is 2. The molecular weight excluding hydrogens is 272 g/mol. The normalized spacial score (nSPS) is 16.0. The van der Waals surface area contributed by atoms with Gasteiger partial charge in [-0.05, 0) is 24.6 Å². The summed E-state index contributed by atoms with van der Waals surface area (Å²) in [5.74, 6) is -0.975. The molecule has 0 aromatic heterocycles. The van der Waals surface area contributed by atoms with Crippen LogP contribution in [0, 0.1) is 6.92 Å². The Bertz CT molecular complexity index is 536. The molecule has 6 nitrogen and oxygen atoms in total. The topological polar surface area (TPSA) is 81.1 Å². The van der Waals surface area contributed by atoms with E-state index in [2.05, 4.69) is 0 Å². The Morgan fingerprint density at radius 3 is 2.43 bits per heavy atom. The zero-order chi connectivity index (χ0) is 15.4. The predicted octanol–water partition coefficient (Wildman–Crippen LogP) is 0.933. The molecule has 21 heavy (non-hydrogen) atoms. The van der Waals surface area contributed by atoms with Gasteiger partial charge < -0.3 is 15.1 Å². The van der Waals surface area contributed by atoms with Gasteiger partial charge in [0.1, 0.15) is 5.75 Å². The van der Waals surface area contributed by atoms with Crippen molar-refractivity contribution in [3.05, 3.63) is 29.3 Å². The van der Waals surface area contributed by atoms with Gasteiger partial charge in [-0.2, -0.15) is 0 Å². The van der Waals surface area contributed by atoms with Crippen molar-refractivity contribution in [1.82, 2.24) is 9.80 Å². The second-order valence-electron chi connectivity index (χ2n) is 5.30. The van der Waals surface area contributed by atoms with Crippen molar-refractivity contribution in [3.63, 3.8) is 0 Å². The molecule has 0 aliphatic carbocycles. The van der Waals surface area contributed by atoms with Crippen molar-refractivity contribution < 1.29 is 19.8 Å². The highest BCUT2D eigenvalue weighted by molar-refractivity contribution is 5.97. The first-order valence-electron chi connectivity index (χ1n) is 7.00. The van der Waals surface area contributed by atoms with Gasteiger partial charge >= 0.3 is 5.97 Å². The maximum atomic E-state index is 12.4. The number of piperazine rings is 1. The molecule has 1 aliphatic rings. The van der Waals surface area contributed by atoms with Gasteiger partial charge in [0.25, 0.3) is 5.91 Å². The predicted molar refractivity (Wildman–Crippen MR) is 77.4 cm³/mol. The van der Waals surface area contributed by atoms with Gasteiger partial charge in [-0.1, -0.05) is 6.07 Å². The zero-order valence-electron chi connectivity index (χ0n) is 12.1. The van der Waals surface area contributed by atoms with E-state index in [4.69, 9.17) is 5.11 Å². The summed E-state index contributed by atoms with van der Waals surface area (Å²) in [7, 11) is 0. The fourth-order valence-electron chi connectivity index (χ4n) is 2.42. The number of phenolic OH excluding ortho intramolecular Hbond substituents is 1. The second-order valence-corrected chi connectivity index (χ2v) is 5.30. The fourth-order valence-corrected chi connectivity index (χ4v) is 2.42. The molecular formula is C15H20N2O4. The van der Waals surface area contributed by atoms with Crippen LogP contribution in [0.15, 0.2) is 18.2 Å². The van der Waals surface area contributed by atoms with Crippen LogP contribution >= 0.6 is 0 Å². The number of aliphatic carboxylic acids is 1. The Morgan fingerprint density at radius 1 is 1.19 bits per heavy atom. The van der Waals surface area contributed by atoms with E-state index in [0.29, 0.717) is 38.3 Å². The zero-order valence-corrected chi connectivity index (χ0v) is 12.1. The summed E-state index contributed by atoms with van der Waals surface area (Å²) >= 11 is 0. The molecule has 114 valence electrons. The molecule has 2 N–H and O–H groups in total. The number of hydrogen-bond donors (Lipinski definition) is 2. The number of rotatable bonds is 4. The summed E-state index contributed by atoms with van der Waals surface area (Å²) in [6.45, 7) is 4.77. The third-order valence-corrected chi connectivity index (χ3v) is 3.69. The number of hydrogen-bond acceptors (Lipinski definition) is 4. The Kier molecular flexibility index (Phi) is 4.80. The van der Waals surface area contributed by atoms with Crippen LogP contribution in [0.4, 0.5) is 0 Å². The lowest BCUT2D eigenvalue weighted by Gasteiger charge is -2.34. The van der Waals surface area contributed by atoms with E-state index in [1.165, 1.54) is 0 Å². The van der Waals surface area contributed by atoms with Crippen LogP contribution in [-0.4, -0.2) is 64.6 Å². The number of carboxylic acids is 1. The summed E-state index contributed by atoms with van der Waals surface area (Å²) in [5.41, 5.74) is 1.22. The van der Waals surface area contributed by atoms with Crippen LogP contribution < -0.4 is 0 Å². The first-order valence-corrected chi connectivity index (χ1v) is 7.00. The largest absolute Gasteiger partial charge is 0.507 e. The molecule has 0 atom stereocenters. The first kappa shape index (κ1) is 15.3. The van der Waals surface area contributed by atoms with Crippen LogP contribution in [0.5, 0.6) is 5.75 Å². The molecule has 1 fully saturated rings. The molecule has 0 spiro atoms. The summed E-state index contributed by atoms with van der Waals surface area (Å²) in [4.78, 5) is 26.6. The summed E-state index contributed by atoms with van der Waals surface area (Å²) < 4.78 is 0. The molecule has 1 saturated heterocycles. The van der Waals surface area contributed by atoms with E-state index in [9.17, 15) is 14.7 Å². The van der Waals surface area contributed by atoms with Crippen molar-refractivity contribution in [2.45, 2.75) is 13.3 Å². The smallest absolute Gasteiger partial charge is 0.304 e. The summed E-state index contributed by atoms with van der Waals surface area (Å²) in [6, 6.07) is 5.02. The highest BCUT2D eigenvalue weighted by Crippen LogP contribution is 2.21. The van der Waals surface area contributed by atoms with Gasteiger partial charge in [-0.25, -0.2) is 0 Å². The molecule has 6 heteroatoms. The molecule has 0 saturated carbocycles. The number of amides is 1. The third kappa shape index (κ3) is 3.95. The lowest BCUT2D eigenvalue weighted by Crippen LogP contribution is -2.49. The summed E-state index contributed by atoms with van der Waals surface area (Å²) in [5, 5.41) is 18.5. The minimum absolute atomic E-state index is 0.00769.